The van der Waals surface area contributed by atoms with E-state index in [4.69, 9.17) is 15.5 Å². The first-order valence-electron chi connectivity index (χ1n) is 11.7. The van der Waals surface area contributed by atoms with Crippen LogP contribution in [-0.4, -0.2) is 60.8 Å². The van der Waals surface area contributed by atoms with E-state index in [9.17, 15) is 9.90 Å². The largest absolute Gasteiger partial charge is 0.474 e. The number of benzene rings is 1. The molecule has 4 aromatic rings. The van der Waals surface area contributed by atoms with Gasteiger partial charge in [-0.1, -0.05) is 36.4 Å². The van der Waals surface area contributed by atoms with Gasteiger partial charge in [-0.25, -0.2) is 0 Å². The average molecular weight is 473 g/mol. The lowest BCUT2D eigenvalue weighted by atomic mass is 10.1. The van der Waals surface area contributed by atoms with Crippen LogP contribution in [0.25, 0.3) is 28.0 Å². The van der Waals surface area contributed by atoms with Crippen molar-refractivity contribution in [2.24, 2.45) is 0 Å². The summed E-state index contributed by atoms with van der Waals surface area (Å²) in [6, 6.07) is 14.0. The van der Waals surface area contributed by atoms with Crippen LogP contribution in [0.4, 0.5) is 5.82 Å². The minimum atomic E-state index is -0.991. The Morgan fingerprint density at radius 2 is 1.86 bits per heavy atom. The van der Waals surface area contributed by atoms with Crippen LogP contribution < -0.4 is 10.5 Å². The van der Waals surface area contributed by atoms with Gasteiger partial charge in [0.15, 0.2) is 5.65 Å². The third kappa shape index (κ3) is 4.42. The van der Waals surface area contributed by atoms with E-state index >= 15 is 0 Å². The highest BCUT2D eigenvalue weighted by Gasteiger charge is 2.27. The Labute approximate surface area is 203 Å². The molecular formula is C26H28N6O3. The number of carbonyl (C=O) groups is 1. The second-order valence-corrected chi connectivity index (χ2v) is 8.84. The number of hydrogen-bond donors (Lipinski definition) is 2. The Kier molecular flexibility index (Phi) is 6.08. The summed E-state index contributed by atoms with van der Waals surface area (Å²) in [7, 11) is 0. The van der Waals surface area contributed by atoms with Crippen molar-refractivity contribution in [3.05, 3.63) is 60.4 Å². The summed E-state index contributed by atoms with van der Waals surface area (Å²) in [5, 5.41) is 14.0. The second kappa shape index (κ2) is 9.34. The van der Waals surface area contributed by atoms with Crippen LogP contribution in [0.15, 0.2) is 54.9 Å². The van der Waals surface area contributed by atoms with Crippen LogP contribution in [0.5, 0.6) is 5.88 Å². The lowest BCUT2D eigenvalue weighted by Gasteiger charge is -2.32. The number of hydrogen-bond acceptors (Lipinski definition) is 7. The number of aliphatic hydroxyl groups is 1. The number of rotatable bonds is 5. The molecule has 0 radical (unpaired) electrons. The molecule has 1 saturated heterocycles. The van der Waals surface area contributed by atoms with E-state index in [2.05, 4.69) is 10.1 Å². The molecule has 0 bridgehead atoms. The Morgan fingerprint density at radius 1 is 1.11 bits per heavy atom. The van der Waals surface area contributed by atoms with Crippen LogP contribution in [0.1, 0.15) is 25.3 Å². The van der Waals surface area contributed by atoms with E-state index in [1.54, 1.807) is 15.6 Å². The topological polar surface area (TPSA) is 119 Å². The Balaban J connectivity index is 1.40. The summed E-state index contributed by atoms with van der Waals surface area (Å²) in [6.45, 7) is 4.41. The van der Waals surface area contributed by atoms with Crippen LogP contribution in [0, 0.1) is 6.92 Å². The molecule has 1 atom stereocenters. The standard InChI is InChI=1S/C26H28N6O3/c1-16-23(27)32-24(30-25(16)35-20-10-12-31(13-11-20)26(34)17(2)33)21(15-29-32)19-8-9-22(28-14-19)18-6-4-3-5-7-18/h3-9,14-15,17,20,33H,10-13,27H2,1-2H3. The summed E-state index contributed by atoms with van der Waals surface area (Å²) in [5.41, 5.74) is 11.3. The zero-order chi connectivity index (χ0) is 24.5. The molecule has 9 heteroatoms. The van der Waals surface area contributed by atoms with Gasteiger partial charge in [0.1, 0.15) is 18.0 Å². The molecule has 1 amide bonds. The van der Waals surface area contributed by atoms with E-state index in [0.717, 1.165) is 22.4 Å². The number of amides is 1. The zero-order valence-corrected chi connectivity index (χ0v) is 19.8. The third-order valence-corrected chi connectivity index (χ3v) is 6.42. The molecule has 180 valence electrons. The summed E-state index contributed by atoms with van der Waals surface area (Å²) < 4.78 is 7.87. The lowest BCUT2D eigenvalue weighted by molar-refractivity contribution is -0.141. The Hall–Kier alpha value is -3.98. The number of likely N-dealkylation sites (tertiary alicyclic amines) is 1. The molecule has 4 heterocycles. The molecule has 5 rings (SSSR count). The zero-order valence-electron chi connectivity index (χ0n) is 19.8. The van der Waals surface area contributed by atoms with Crippen LogP contribution >= 0.6 is 0 Å². The fraction of sp³-hybridized carbons (Fsp3) is 0.308. The third-order valence-electron chi connectivity index (χ3n) is 6.42. The lowest BCUT2D eigenvalue weighted by Crippen LogP contribution is -2.45. The molecular weight excluding hydrogens is 444 g/mol. The molecule has 1 aliphatic rings. The number of pyridine rings is 1. The highest BCUT2D eigenvalue weighted by atomic mass is 16.5. The van der Waals surface area contributed by atoms with Crippen molar-refractivity contribution in [2.75, 3.05) is 18.8 Å². The highest BCUT2D eigenvalue weighted by molar-refractivity contribution is 5.80. The predicted molar refractivity (Wildman–Crippen MR) is 133 cm³/mol. The minimum Gasteiger partial charge on any atom is -0.474 e. The summed E-state index contributed by atoms with van der Waals surface area (Å²) in [6.07, 6.45) is 3.77. The molecule has 3 N–H and O–H groups in total. The highest BCUT2D eigenvalue weighted by Crippen LogP contribution is 2.31. The van der Waals surface area contributed by atoms with Gasteiger partial charge in [0.25, 0.3) is 5.91 Å². The predicted octanol–water partition coefficient (Wildman–Crippen LogP) is 3.10. The second-order valence-electron chi connectivity index (χ2n) is 8.84. The fourth-order valence-corrected chi connectivity index (χ4v) is 4.34. The van der Waals surface area contributed by atoms with E-state index in [1.165, 1.54) is 6.92 Å². The number of aromatic nitrogens is 4. The number of fused-ring (bicyclic) bond motifs is 1. The van der Waals surface area contributed by atoms with Gasteiger partial charge >= 0.3 is 0 Å². The Morgan fingerprint density at radius 3 is 2.51 bits per heavy atom. The first-order valence-corrected chi connectivity index (χ1v) is 11.7. The molecule has 0 aliphatic carbocycles. The molecule has 1 unspecified atom stereocenters. The first-order chi connectivity index (χ1) is 16.9. The smallest absolute Gasteiger partial charge is 0.251 e. The summed E-state index contributed by atoms with van der Waals surface area (Å²) >= 11 is 0. The molecule has 1 aliphatic heterocycles. The number of anilines is 1. The molecule has 0 spiro atoms. The molecule has 35 heavy (non-hydrogen) atoms. The van der Waals surface area contributed by atoms with Gasteiger partial charge in [-0.3, -0.25) is 9.78 Å². The maximum absolute atomic E-state index is 12.0. The quantitative estimate of drug-likeness (QED) is 0.458. The van der Waals surface area contributed by atoms with Crippen LogP contribution in [-0.2, 0) is 4.79 Å². The number of carbonyl (C=O) groups excluding carboxylic acids is 1. The number of ether oxygens (including phenoxy) is 1. The average Bonchev–Trinajstić information content (AvgIpc) is 3.31. The number of piperidine rings is 1. The van der Waals surface area contributed by atoms with Gasteiger partial charge in [-0.05, 0) is 19.9 Å². The van der Waals surface area contributed by atoms with Gasteiger partial charge in [0.05, 0.1) is 17.5 Å². The molecule has 3 aromatic heterocycles. The van der Waals surface area contributed by atoms with Crippen molar-refractivity contribution in [1.29, 1.82) is 0 Å². The van der Waals surface area contributed by atoms with Crippen molar-refractivity contribution in [3.63, 3.8) is 0 Å². The first kappa shape index (κ1) is 22.8. The number of nitrogens with two attached hydrogens (primary N) is 1. The van der Waals surface area contributed by atoms with E-state index in [1.807, 2.05) is 55.6 Å². The van der Waals surface area contributed by atoms with Gasteiger partial charge < -0.3 is 20.5 Å². The SMILES string of the molecule is Cc1c(OC2CCN(C(=O)C(C)O)CC2)nc2c(-c3ccc(-c4ccccc4)nc3)cnn2c1N. The van der Waals surface area contributed by atoms with Gasteiger partial charge in [0, 0.05) is 48.8 Å². The van der Waals surface area contributed by atoms with Gasteiger partial charge in [0.2, 0.25) is 5.88 Å². The molecule has 1 fully saturated rings. The van der Waals surface area contributed by atoms with Crippen molar-refractivity contribution in [1.82, 2.24) is 24.5 Å². The maximum Gasteiger partial charge on any atom is 0.251 e. The van der Waals surface area contributed by atoms with Crippen molar-refractivity contribution in [2.45, 2.75) is 38.9 Å². The van der Waals surface area contributed by atoms with Gasteiger partial charge in [-0.2, -0.15) is 14.6 Å². The van der Waals surface area contributed by atoms with Crippen molar-refractivity contribution in [3.8, 4) is 28.3 Å². The maximum atomic E-state index is 12.0. The number of nitrogens with zero attached hydrogens (tertiary/aromatic N) is 5. The normalized spacial score (nSPS) is 15.3. The van der Waals surface area contributed by atoms with Crippen LogP contribution in [0.2, 0.25) is 0 Å². The summed E-state index contributed by atoms with van der Waals surface area (Å²) in [4.78, 5) is 23.1. The minimum absolute atomic E-state index is 0.0979. The summed E-state index contributed by atoms with van der Waals surface area (Å²) in [5.74, 6) is 0.678. The van der Waals surface area contributed by atoms with Crippen molar-refractivity contribution < 1.29 is 14.6 Å². The van der Waals surface area contributed by atoms with E-state index in [-0.39, 0.29) is 12.0 Å². The fourth-order valence-electron chi connectivity index (χ4n) is 4.34. The Bertz CT molecular complexity index is 1340. The molecule has 0 saturated carbocycles. The van der Waals surface area contributed by atoms with E-state index in [0.29, 0.717) is 48.8 Å². The van der Waals surface area contributed by atoms with Gasteiger partial charge in [-0.15, -0.1) is 0 Å². The van der Waals surface area contributed by atoms with Crippen molar-refractivity contribution >= 4 is 17.4 Å². The number of nitrogen functional groups attached to an aromatic ring is 1. The van der Waals surface area contributed by atoms with Crippen LogP contribution in [0.3, 0.4) is 0 Å². The number of aliphatic hydroxyl groups excluding tert-OH is 1. The monoisotopic (exact) mass is 472 g/mol. The molecule has 9 nitrogen and oxygen atoms in total. The molecule has 1 aromatic carbocycles. The van der Waals surface area contributed by atoms with E-state index < -0.39 is 6.10 Å².